The number of aliphatic imine (C=N–C) groups is 1. The Balaban J connectivity index is 0.00000220. The minimum atomic E-state index is 0. The summed E-state index contributed by atoms with van der Waals surface area (Å²) < 4.78 is 0. The van der Waals surface area contributed by atoms with E-state index in [4.69, 9.17) is 0 Å². The molecule has 1 atom stereocenters. The van der Waals surface area contributed by atoms with Gasteiger partial charge in [0.05, 0.1) is 0 Å². The molecule has 0 amide bonds. The van der Waals surface area contributed by atoms with Crippen LogP contribution in [-0.4, -0.2) is 61.6 Å². The number of halogens is 1. The van der Waals surface area contributed by atoms with Gasteiger partial charge in [0.2, 0.25) is 0 Å². The van der Waals surface area contributed by atoms with E-state index in [-0.39, 0.29) is 29.5 Å². The van der Waals surface area contributed by atoms with E-state index in [2.05, 4.69) is 54.9 Å². The standard InChI is InChI=1S/C16H32N4.HI/c1-15(2)12-20(16(15,3)4)14(17-5)18-10-13-8-7-9-19(6)11-13;/h13H,7-12H2,1-6H3,(H,17,18);1H. The number of nitrogens with one attached hydrogen (secondary N) is 1. The van der Waals surface area contributed by atoms with E-state index in [1.54, 1.807) is 0 Å². The molecule has 0 saturated carbocycles. The molecule has 21 heavy (non-hydrogen) atoms. The first-order valence-electron chi connectivity index (χ1n) is 7.95. The zero-order valence-electron chi connectivity index (χ0n) is 14.6. The summed E-state index contributed by atoms with van der Waals surface area (Å²) >= 11 is 0. The van der Waals surface area contributed by atoms with Crippen LogP contribution in [0, 0.1) is 11.3 Å². The molecular formula is C16H33IN4. The molecule has 0 radical (unpaired) electrons. The summed E-state index contributed by atoms with van der Waals surface area (Å²) in [5, 5.41) is 3.60. The quantitative estimate of drug-likeness (QED) is 0.433. The number of guanidine groups is 1. The van der Waals surface area contributed by atoms with Crippen LogP contribution in [0.15, 0.2) is 4.99 Å². The Hall–Kier alpha value is -0.0400. The molecule has 0 aromatic heterocycles. The van der Waals surface area contributed by atoms with Crippen molar-refractivity contribution >= 4 is 29.9 Å². The van der Waals surface area contributed by atoms with E-state index in [1.165, 1.54) is 25.9 Å². The topological polar surface area (TPSA) is 30.9 Å². The molecule has 0 aromatic carbocycles. The van der Waals surface area contributed by atoms with Gasteiger partial charge < -0.3 is 15.1 Å². The monoisotopic (exact) mass is 408 g/mol. The van der Waals surface area contributed by atoms with Crippen LogP contribution in [0.2, 0.25) is 0 Å². The van der Waals surface area contributed by atoms with Gasteiger partial charge >= 0.3 is 0 Å². The average molecular weight is 408 g/mol. The third-order valence-electron chi connectivity index (χ3n) is 5.62. The van der Waals surface area contributed by atoms with Crippen molar-refractivity contribution in [2.24, 2.45) is 16.3 Å². The predicted molar refractivity (Wildman–Crippen MR) is 102 cm³/mol. The molecule has 2 aliphatic heterocycles. The lowest BCUT2D eigenvalue weighted by Gasteiger charge is -2.62. The highest BCUT2D eigenvalue weighted by Gasteiger charge is 2.53. The number of hydrogen-bond acceptors (Lipinski definition) is 2. The van der Waals surface area contributed by atoms with Crippen molar-refractivity contribution in [2.45, 2.75) is 46.1 Å². The zero-order valence-corrected chi connectivity index (χ0v) is 16.9. The summed E-state index contributed by atoms with van der Waals surface area (Å²) in [5.74, 6) is 1.82. The Morgan fingerprint density at radius 3 is 2.43 bits per heavy atom. The number of hydrogen-bond donors (Lipinski definition) is 1. The summed E-state index contributed by atoms with van der Waals surface area (Å²) in [5.41, 5.74) is 0.536. The van der Waals surface area contributed by atoms with Crippen molar-refractivity contribution in [3.63, 3.8) is 0 Å². The Morgan fingerprint density at radius 2 is 1.95 bits per heavy atom. The van der Waals surface area contributed by atoms with Gasteiger partial charge in [-0.15, -0.1) is 24.0 Å². The van der Waals surface area contributed by atoms with E-state index >= 15 is 0 Å². The fourth-order valence-corrected chi connectivity index (χ4v) is 3.37. The van der Waals surface area contributed by atoms with Crippen molar-refractivity contribution < 1.29 is 0 Å². The van der Waals surface area contributed by atoms with Crippen LogP contribution in [0.4, 0.5) is 0 Å². The normalized spacial score (nSPS) is 28.6. The fraction of sp³-hybridized carbons (Fsp3) is 0.938. The maximum atomic E-state index is 4.49. The molecule has 5 heteroatoms. The van der Waals surface area contributed by atoms with Crippen molar-refractivity contribution in [3.8, 4) is 0 Å². The van der Waals surface area contributed by atoms with Crippen LogP contribution >= 0.6 is 24.0 Å². The molecule has 0 aromatic rings. The predicted octanol–water partition coefficient (Wildman–Crippen LogP) is 2.64. The highest BCUT2D eigenvalue weighted by molar-refractivity contribution is 14.0. The van der Waals surface area contributed by atoms with Gasteiger partial charge in [0.25, 0.3) is 0 Å². The molecule has 1 unspecified atom stereocenters. The number of rotatable bonds is 2. The molecule has 2 saturated heterocycles. The molecule has 124 valence electrons. The van der Waals surface area contributed by atoms with Gasteiger partial charge in [-0.25, -0.2) is 0 Å². The Morgan fingerprint density at radius 1 is 1.29 bits per heavy atom. The summed E-state index contributed by atoms with van der Waals surface area (Å²) in [7, 11) is 4.12. The van der Waals surface area contributed by atoms with Gasteiger partial charge in [-0.3, -0.25) is 4.99 Å². The lowest BCUT2D eigenvalue weighted by atomic mass is 9.65. The summed E-state index contributed by atoms with van der Waals surface area (Å²) in [6, 6.07) is 0. The Kier molecular flexibility index (Phi) is 6.36. The lowest BCUT2D eigenvalue weighted by Crippen LogP contribution is -2.72. The summed E-state index contributed by atoms with van der Waals surface area (Å²) in [4.78, 5) is 9.35. The first kappa shape index (κ1) is 19.0. The lowest BCUT2D eigenvalue weighted by molar-refractivity contribution is -0.0668. The molecule has 0 spiro atoms. The summed E-state index contributed by atoms with van der Waals surface area (Å²) in [6.07, 6.45) is 2.66. The molecule has 2 fully saturated rings. The van der Waals surface area contributed by atoms with Crippen LogP contribution in [-0.2, 0) is 0 Å². The van der Waals surface area contributed by atoms with Crippen molar-refractivity contribution in [3.05, 3.63) is 0 Å². The second-order valence-corrected chi connectivity index (χ2v) is 7.73. The van der Waals surface area contributed by atoms with Gasteiger partial charge in [-0.2, -0.15) is 0 Å². The van der Waals surface area contributed by atoms with E-state index in [0.29, 0.717) is 5.41 Å². The third-order valence-corrected chi connectivity index (χ3v) is 5.62. The first-order valence-corrected chi connectivity index (χ1v) is 7.95. The highest BCUT2D eigenvalue weighted by Crippen LogP contribution is 2.46. The maximum absolute atomic E-state index is 4.49. The maximum Gasteiger partial charge on any atom is 0.194 e. The van der Waals surface area contributed by atoms with Crippen molar-refractivity contribution in [1.82, 2.24) is 15.1 Å². The van der Waals surface area contributed by atoms with E-state index < -0.39 is 0 Å². The molecule has 4 nitrogen and oxygen atoms in total. The van der Waals surface area contributed by atoms with Crippen LogP contribution in [0.3, 0.4) is 0 Å². The number of likely N-dealkylation sites (tertiary alicyclic amines) is 2. The van der Waals surface area contributed by atoms with Crippen LogP contribution < -0.4 is 5.32 Å². The van der Waals surface area contributed by atoms with E-state index in [9.17, 15) is 0 Å². The van der Waals surface area contributed by atoms with Crippen molar-refractivity contribution in [1.29, 1.82) is 0 Å². The SMILES string of the molecule is CN=C(NCC1CCCN(C)C1)N1CC(C)(C)C1(C)C.I. The molecule has 1 N–H and O–H groups in total. The number of nitrogens with zero attached hydrogens (tertiary/aromatic N) is 3. The first-order chi connectivity index (χ1) is 9.28. The summed E-state index contributed by atoms with van der Waals surface area (Å²) in [6.45, 7) is 13.9. The Labute approximate surface area is 147 Å². The van der Waals surface area contributed by atoms with Crippen LogP contribution in [0.5, 0.6) is 0 Å². The fourth-order valence-electron chi connectivity index (χ4n) is 3.37. The molecular weight excluding hydrogens is 375 g/mol. The van der Waals surface area contributed by atoms with Crippen LogP contribution in [0.1, 0.15) is 40.5 Å². The van der Waals surface area contributed by atoms with Gasteiger partial charge in [0.15, 0.2) is 5.96 Å². The minimum Gasteiger partial charge on any atom is -0.356 e. The zero-order chi connectivity index (χ0) is 15.0. The van der Waals surface area contributed by atoms with Gasteiger partial charge in [-0.05, 0) is 46.2 Å². The third kappa shape index (κ3) is 3.84. The van der Waals surface area contributed by atoms with E-state index in [1.807, 2.05) is 7.05 Å². The van der Waals surface area contributed by atoms with E-state index in [0.717, 1.165) is 25.0 Å². The largest absolute Gasteiger partial charge is 0.356 e. The van der Waals surface area contributed by atoms with Gasteiger partial charge in [-0.1, -0.05) is 13.8 Å². The molecule has 2 heterocycles. The molecule has 2 aliphatic rings. The smallest absolute Gasteiger partial charge is 0.194 e. The molecule has 0 bridgehead atoms. The van der Waals surface area contributed by atoms with Crippen LogP contribution in [0.25, 0.3) is 0 Å². The minimum absolute atomic E-state index is 0. The number of piperidine rings is 1. The average Bonchev–Trinajstić information content (AvgIpc) is 2.38. The van der Waals surface area contributed by atoms with Crippen molar-refractivity contribution in [2.75, 3.05) is 40.3 Å². The highest BCUT2D eigenvalue weighted by atomic mass is 127. The second kappa shape index (κ2) is 7.02. The molecule has 2 rings (SSSR count). The second-order valence-electron chi connectivity index (χ2n) is 7.73. The molecule has 0 aliphatic carbocycles. The van der Waals surface area contributed by atoms with Gasteiger partial charge in [0, 0.05) is 37.6 Å². The Bertz CT molecular complexity index is 378. The van der Waals surface area contributed by atoms with Gasteiger partial charge in [0.1, 0.15) is 0 Å².